The Morgan fingerprint density at radius 2 is 2.09 bits per heavy atom. The SMILES string of the molecule is Cn1ccnc1C(O)(CCNC(=O)C1(N)CCCC1)C(F)(F)F. The van der Waals surface area contributed by atoms with Gasteiger partial charge >= 0.3 is 6.18 Å². The first kappa shape index (κ1) is 17.7. The van der Waals surface area contributed by atoms with E-state index in [0.29, 0.717) is 12.8 Å². The molecule has 0 radical (unpaired) electrons. The van der Waals surface area contributed by atoms with Crippen molar-refractivity contribution in [2.45, 2.75) is 49.4 Å². The minimum Gasteiger partial charge on any atom is -0.374 e. The number of rotatable bonds is 5. The number of hydrogen-bond donors (Lipinski definition) is 3. The van der Waals surface area contributed by atoms with Gasteiger partial charge in [-0.3, -0.25) is 4.79 Å². The van der Waals surface area contributed by atoms with Crippen LogP contribution in [-0.2, 0) is 17.4 Å². The number of nitrogens with zero attached hydrogens (tertiary/aromatic N) is 2. The minimum absolute atomic E-state index is 0.347. The quantitative estimate of drug-likeness (QED) is 0.747. The van der Waals surface area contributed by atoms with Crippen molar-refractivity contribution in [2.75, 3.05) is 6.54 Å². The van der Waals surface area contributed by atoms with E-state index in [1.165, 1.54) is 19.4 Å². The predicted octanol–water partition coefficient (Wildman–Crippen LogP) is 0.948. The summed E-state index contributed by atoms with van der Waals surface area (Å²) in [6.07, 6.45) is -0.472. The van der Waals surface area contributed by atoms with E-state index in [4.69, 9.17) is 5.73 Å². The van der Waals surface area contributed by atoms with Crippen molar-refractivity contribution in [3.63, 3.8) is 0 Å². The van der Waals surface area contributed by atoms with Crippen molar-refractivity contribution in [3.8, 4) is 0 Å². The molecule has 0 spiro atoms. The van der Waals surface area contributed by atoms with E-state index in [1.807, 2.05) is 0 Å². The van der Waals surface area contributed by atoms with Gasteiger partial charge in [-0.25, -0.2) is 4.98 Å². The smallest absolute Gasteiger partial charge is 0.374 e. The lowest BCUT2D eigenvalue weighted by atomic mass is 9.96. The van der Waals surface area contributed by atoms with Crippen molar-refractivity contribution in [2.24, 2.45) is 12.8 Å². The molecule has 1 aliphatic carbocycles. The van der Waals surface area contributed by atoms with Gasteiger partial charge in [-0.05, 0) is 12.8 Å². The normalized spacial score (nSPS) is 20.3. The molecular weight excluding hydrogens is 313 g/mol. The number of aromatic nitrogens is 2. The molecule has 23 heavy (non-hydrogen) atoms. The molecule has 9 heteroatoms. The monoisotopic (exact) mass is 334 g/mol. The Balaban J connectivity index is 2.06. The highest BCUT2D eigenvalue weighted by Crippen LogP contribution is 2.40. The fourth-order valence-electron chi connectivity index (χ4n) is 2.91. The molecule has 1 atom stereocenters. The van der Waals surface area contributed by atoms with E-state index in [9.17, 15) is 23.1 Å². The number of halogens is 3. The molecule has 130 valence electrons. The third-order valence-corrected chi connectivity index (χ3v) is 4.38. The highest BCUT2D eigenvalue weighted by molar-refractivity contribution is 5.86. The van der Waals surface area contributed by atoms with E-state index in [2.05, 4.69) is 10.3 Å². The zero-order chi connectivity index (χ0) is 17.3. The Morgan fingerprint density at radius 1 is 1.48 bits per heavy atom. The molecule has 1 saturated carbocycles. The van der Waals surface area contributed by atoms with Crippen LogP contribution in [0.5, 0.6) is 0 Å². The summed E-state index contributed by atoms with van der Waals surface area (Å²) in [5.74, 6) is -0.984. The molecule has 1 aromatic rings. The van der Waals surface area contributed by atoms with Crippen molar-refractivity contribution < 1.29 is 23.1 Å². The molecule has 6 nitrogen and oxygen atoms in total. The summed E-state index contributed by atoms with van der Waals surface area (Å²) in [5.41, 5.74) is 1.80. The number of aliphatic hydroxyl groups is 1. The second-order valence-electron chi connectivity index (χ2n) is 6.09. The van der Waals surface area contributed by atoms with Crippen molar-refractivity contribution in [1.29, 1.82) is 0 Å². The van der Waals surface area contributed by atoms with Gasteiger partial charge in [0, 0.05) is 32.4 Å². The molecule has 4 N–H and O–H groups in total. The fraction of sp³-hybridized carbons (Fsp3) is 0.714. The summed E-state index contributed by atoms with van der Waals surface area (Å²) in [4.78, 5) is 15.6. The Morgan fingerprint density at radius 3 is 2.57 bits per heavy atom. The molecule has 2 rings (SSSR count). The van der Waals surface area contributed by atoms with Crippen LogP contribution >= 0.6 is 0 Å². The lowest BCUT2D eigenvalue weighted by Gasteiger charge is -2.30. The summed E-state index contributed by atoms with van der Waals surface area (Å²) in [6, 6.07) is 0. The van der Waals surface area contributed by atoms with E-state index >= 15 is 0 Å². The van der Waals surface area contributed by atoms with Crippen LogP contribution in [0.1, 0.15) is 37.9 Å². The van der Waals surface area contributed by atoms with Gasteiger partial charge in [0.05, 0.1) is 5.54 Å². The van der Waals surface area contributed by atoms with Crippen LogP contribution in [0.15, 0.2) is 12.4 Å². The molecule has 1 heterocycles. The molecule has 1 aromatic heterocycles. The van der Waals surface area contributed by atoms with E-state index < -0.39 is 35.5 Å². The number of hydrogen-bond acceptors (Lipinski definition) is 4. The summed E-state index contributed by atoms with van der Waals surface area (Å²) in [5, 5.41) is 12.6. The maximum Gasteiger partial charge on any atom is 0.424 e. The maximum atomic E-state index is 13.3. The number of amides is 1. The van der Waals surface area contributed by atoms with Gasteiger partial charge in [-0.1, -0.05) is 12.8 Å². The van der Waals surface area contributed by atoms with Gasteiger partial charge in [0.1, 0.15) is 5.82 Å². The van der Waals surface area contributed by atoms with Crippen molar-refractivity contribution in [3.05, 3.63) is 18.2 Å². The topological polar surface area (TPSA) is 93.2 Å². The molecule has 0 aliphatic heterocycles. The van der Waals surface area contributed by atoms with Gasteiger partial charge in [0.25, 0.3) is 0 Å². The Bertz CT molecular complexity index is 567. The second kappa shape index (κ2) is 6.12. The van der Waals surface area contributed by atoms with Gasteiger partial charge in [-0.2, -0.15) is 13.2 Å². The van der Waals surface area contributed by atoms with Gasteiger partial charge in [0.15, 0.2) is 0 Å². The largest absolute Gasteiger partial charge is 0.424 e. The Kier molecular flexibility index (Phi) is 4.72. The average Bonchev–Trinajstić information content (AvgIpc) is 3.07. The molecule has 0 saturated heterocycles. The highest BCUT2D eigenvalue weighted by atomic mass is 19.4. The Labute approximate surface area is 131 Å². The number of imidazole rings is 1. The summed E-state index contributed by atoms with van der Waals surface area (Å²) >= 11 is 0. The molecule has 0 bridgehead atoms. The first-order valence-electron chi connectivity index (χ1n) is 7.44. The number of aryl methyl sites for hydroxylation is 1. The van der Waals surface area contributed by atoms with Crippen LogP contribution in [0.25, 0.3) is 0 Å². The molecule has 0 aromatic carbocycles. The average molecular weight is 334 g/mol. The molecule has 1 amide bonds. The lowest BCUT2D eigenvalue weighted by Crippen LogP contribution is -2.53. The summed E-state index contributed by atoms with van der Waals surface area (Å²) in [7, 11) is 1.37. The zero-order valence-corrected chi connectivity index (χ0v) is 12.9. The van der Waals surface area contributed by atoms with Gasteiger partial charge in [-0.15, -0.1) is 0 Å². The number of carbonyl (C=O) groups is 1. The van der Waals surface area contributed by atoms with Crippen molar-refractivity contribution in [1.82, 2.24) is 14.9 Å². The van der Waals surface area contributed by atoms with Crippen molar-refractivity contribution >= 4 is 5.91 Å². The van der Waals surface area contributed by atoms with Crippen LogP contribution in [0.4, 0.5) is 13.2 Å². The second-order valence-corrected chi connectivity index (χ2v) is 6.09. The predicted molar refractivity (Wildman–Crippen MR) is 76.2 cm³/mol. The summed E-state index contributed by atoms with van der Waals surface area (Å²) < 4.78 is 41.0. The lowest BCUT2D eigenvalue weighted by molar-refractivity contribution is -0.272. The molecule has 1 unspecified atom stereocenters. The number of alkyl halides is 3. The van der Waals surface area contributed by atoms with E-state index in [0.717, 1.165) is 17.4 Å². The molecule has 1 fully saturated rings. The van der Waals surface area contributed by atoms with Crippen LogP contribution in [0.3, 0.4) is 0 Å². The Hall–Kier alpha value is -1.61. The summed E-state index contributed by atoms with van der Waals surface area (Å²) in [6.45, 7) is -0.347. The fourth-order valence-corrected chi connectivity index (χ4v) is 2.91. The highest BCUT2D eigenvalue weighted by Gasteiger charge is 2.57. The standard InChI is InChI=1S/C14H21F3N4O2/c1-21-9-8-19-10(21)13(23,14(15,16)17)6-7-20-11(22)12(18)4-2-3-5-12/h8-9,23H,2-7,18H2,1H3,(H,20,22). The van der Waals surface area contributed by atoms with Gasteiger partial charge in [0.2, 0.25) is 11.5 Å². The number of nitrogens with one attached hydrogen (secondary N) is 1. The van der Waals surface area contributed by atoms with Crippen LogP contribution in [-0.4, -0.2) is 38.8 Å². The van der Waals surface area contributed by atoms with E-state index in [1.54, 1.807) is 0 Å². The third-order valence-electron chi connectivity index (χ3n) is 4.38. The van der Waals surface area contributed by atoms with Crippen LogP contribution in [0, 0.1) is 0 Å². The number of carbonyl (C=O) groups excluding carboxylic acids is 1. The first-order chi connectivity index (χ1) is 10.6. The van der Waals surface area contributed by atoms with Crippen LogP contribution in [0.2, 0.25) is 0 Å². The third kappa shape index (κ3) is 3.35. The number of nitrogens with two attached hydrogens (primary N) is 1. The first-order valence-corrected chi connectivity index (χ1v) is 7.44. The zero-order valence-electron chi connectivity index (χ0n) is 12.9. The van der Waals surface area contributed by atoms with Gasteiger partial charge < -0.3 is 20.7 Å². The minimum atomic E-state index is -4.91. The maximum absolute atomic E-state index is 13.3. The molecular formula is C14H21F3N4O2. The molecule has 1 aliphatic rings. The van der Waals surface area contributed by atoms with Crippen LogP contribution < -0.4 is 11.1 Å². The van der Waals surface area contributed by atoms with E-state index in [-0.39, 0.29) is 6.54 Å².